The van der Waals surface area contributed by atoms with E-state index in [0.717, 1.165) is 6.42 Å². The molecule has 60 valence electrons. The van der Waals surface area contributed by atoms with E-state index in [-0.39, 0.29) is 11.2 Å². The van der Waals surface area contributed by atoms with Crippen molar-refractivity contribution in [1.29, 1.82) is 0 Å². The molecule has 0 aromatic heterocycles. The second-order valence-electron chi connectivity index (χ2n) is 2.67. The summed E-state index contributed by atoms with van der Waals surface area (Å²) < 4.78 is 4.50. The maximum Gasteiger partial charge on any atom is 0.318 e. The van der Waals surface area contributed by atoms with Gasteiger partial charge in [-0.2, -0.15) is 12.6 Å². The minimum absolute atomic E-state index is 0.239. The van der Waals surface area contributed by atoms with Gasteiger partial charge in [-0.1, -0.05) is 13.8 Å². The van der Waals surface area contributed by atoms with Crippen LogP contribution in [0.25, 0.3) is 0 Å². The molecule has 0 rings (SSSR count). The van der Waals surface area contributed by atoms with Crippen molar-refractivity contribution in [2.75, 3.05) is 7.11 Å². The zero-order valence-corrected chi connectivity index (χ0v) is 7.52. The van der Waals surface area contributed by atoms with Crippen LogP contribution in [0.2, 0.25) is 0 Å². The fraction of sp³-hybridized carbons (Fsp3) is 0.857. The first-order valence-electron chi connectivity index (χ1n) is 3.33. The summed E-state index contributed by atoms with van der Waals surface area (Å²) in [4.78, 5) is 10.7. The lowest BCUT2D eigenvalue weighted by atomic mass is 10.1. The standard InChI is InChI=1S/C7H14O2S/c1-5(2)4-6(10)7(8)9-3/h5-6,10H,4H2,1-3H3. The van der Waals surface area contributed by atoms with Gasteiger partial charge in [0.2, 0.25) is 0 Å². The van der Waals surface area contributed by atoms with E-state index < -0.39 is 0 Å². The molecule has 1 atom stereocenters. The van der Waals surface area contributed by atoms with Crippen molar-refractivity contribution in [2.24, 2.45) is 5.92 Å². The minimum Gasteiger partial charge on any atom is -0.468 e. The fourth-order valence-electron chi connectivity index (χ4n) is 0.679. The van der Waals surface area contributed by atoms with E-state index in [2.05, 4.69) is 17.4 Å². The number of esters is 1. The Hall–Kier alpha value is -0.180. The maximum absolute atomic E-state index is 10.7. The van der Waals surface area contributed by atoms with Crippen LogP contribution in [0, 0.1) is 5.92 Å². The number of carbonyl (C=O) groups is 1. The molecule has 0 aliphatic carbocycles. The lowest BCUT2D eigenvalue weighted by molar-refractivity contribution is -0.140. The molecule has 1 unspecified atom stereocenters. The van der Waals surface area contributed by atoms with Crippen LogP contribution in [0.1, 0.15) is 20.3 Å². The quantitative estimate of drug-likeness (QED) is 0.503. The Labute approximate surface area is 67.4 Å². The highest BCUT2D eigenvalue weighted by Gasteiger charge is 2.14. The van der Waals surface area contributed by atoms with E-state index >= 15 is 0 Å². The molecule has 2 nitrogen and oxygen atoms in total. The van der Waals surface area contributed by atoms with Gasteiger partial charge in [0, 0.05) is 0 Å². The van der Waals surface area contributed by atoms with Crippen LogP contribution >= 0.6 is 12.6 Å². The smallest absolute Gasteiger partial charge is 0.318 e. The highest BCUT2D eigenvalue weighted by Crippen LogP contribution is 2.10. The zero-order chi connectivity index (χ0) is 8.15. The summed E-state index contributed by atoms with van der Waals surface area (Å²) in [5.41, 5.74) is 0. The van der Waals surface area contributed by atoms with Gasteiger partial charge in [-0.05, 0) is 12.3 Å². The molecule has 0 saturated heterocycles. The first-order chi connectivity index (χ1) is 4.57. The Balaban J connectivity index is 3.61. The van der Waals surface area contributed by atoms with Crippen molar-refractivity contribution in [3.8, 4) is 0 Å². The first-order valence-corrected chi connectivity index (χ1v) is 3.85. The maximum atomic E-state index is 10.7. The van der Waals surface area contributed by atoms with E-state index in [1.165, 1.54) is 7.11 Å². The summed E-state index contributed by atoms with van der Waals surface area (Å²) in [6.45, 7) is 4.10. The van der Waals surface area contributed by atoms with Gasteiger partial charge in [-0.25, -0.2) is 0 Å². The van der Waals surface area contributed by atoms with Crippen LogP contribution in [0.15, 0.2) is 0 Å². The summed E-state index contributed by atoms with van der Waals surface area (Å²) in [7, 11) is 1.38. The molecule has 0 amide bonds. The molecule has 0 bridgehead atoms. The van der Waals surface area contributed by atoms with Gasteiger partial charge in [-0.3, -0.25) is 4.79 Å². The Morgan fingerprint density at radius 1 is 1.60 bits per heavy atom. The van der Waals surface area contributed by atoms with Crippen LogP contribution in [0.5, 0.6) is 0 Å². The number of carbonyl (C=O) groups excluding carboxylic acids is 1. The van der Waals surface area contributed by atoms with Crippen LogP contribution in [0.3, 0.4) is 0 Å². The van der Waals surface area contributed by atoms with Gasteiger partial charge in [0.1, 0.15) is 0 Å². The molecular formula is C7H14O2S. The van der Waals surface area contributed by atoms with Crippen LogP contribution < -0.4 is 0 Å². The van der Waals surface area contributed by atoms with Gasteiger partial charge >= 0.3 is 5.97 Å². The molecule has 0 aliphatic heterocycles. The summed E-state index contributed by atoms with van der Waals surface area (Å²) >= 11 is 4.07. The van der Waals surface area contributed by atoms with Crippen molar-refractivity contribution in [3.63, 3.8) is 0 Å². The molecule has 0 radical (unpaired) electrons. The predicted molar refractivity (Wildman–Crippen MR) is 44.2 cm³/mol. The second kappa shape index (κ2) is 4.61. The third-order valence-corrected chi connectivity index (χ3v) is 1.59. The highest BCUT2D eigenvalue weighted by atomic mass is 32.1. The Kier molecular flexibility index (Phi) is 4.52. The second-order valence-corrected chi connectivity index (χ2v) is 3.29. The molecule has 0 N–H and O–H groups in total. The number of ether oxygens (including phenoxy) is 1. The first kappa shape index (κ1) is 9.82. The number of hydrogen-bond donors (Lipinski definition) is 1. The van der Waals surface area contributed by atoms with E-state index in [1.807, 2.05) is 13.8 Å². The molecule has 3 heteroatoms. The van der Waals surface area contributed by atoms with Crippen molar-refractivity contribution in [2.45, 2.75) is 25.5 Å². The SMILES string of the molecule is COC(=O)C(S)CC(C)C. The molecule has 0 aromatic carbocycles. The van der Waals surface area contributed by atoms with E-state index in [9.17, 15) is 4.79 Å². The summed E-state index contributed by atoms with van der Waals surface area (Å²) in [5, 5.41) is -0.259. The van der Waals surface area contributed by atoms with Gasteiger partial charge in [0.05, 0.1) is 12.4 Å². The Bertz CT molecular complexity index is 112. The Morgan fingerprint density at radius 3 is 2.40 bits per heavy atom. The average molecular weight is 162 g/mol. The van der Waals surface area contributed by atoms with Crippen LogP contribution in [-0.4, -0.2) is 18.3 Å². The van der Waals surface area contributed by atoms with E-state index in [1.54, 1.807) is 0 Å². The third kappa shape index (κ3) is 3.77. The van der Waals surface area contributed by atoms with Crippen molar-refractivity contribution in [3.05, 3.63) is 0 Å². The normalized spacial score (nSPS) is 13.3. The lowest BCUT2D eigenvalue weighted by Gasteiger charge is -2.09. The van der Waals surface area contributed by atoms with Crippen molar-refractivity contribution >= 4 is 18.6 Å². The van der Waals surface area contributed by atoms with Gasteiger partial charge in [-0.15, -0.1) is 0 Å². The fourth-order valence-corrected chi connectivity index (χ4v) is 1.21. The van der Waals surface area contributed by atoms with E-state index in [0.29, 0.717) is 5.92 Å². The summed E-state index contributed by atoms with van der Waals surface area (Å²) in [6, 6.07) is 0. The zero-order valence-electron chi connectivity index (χ0n) is 6.63. The molecule has 0 heterocycles. The lowest BCUT2D eigenvalue weighted by Crippen LogP contribution is -2.17. The predicted octanol–water partition coefficient (Wildman–Crippen LogP) is 1.50. The number of methoxy groups -OCH3 is 1. The monoisotopic (exact) mass is 162 g/mol. The minimum atomic E-state index is -0.259. The van der Waals surface area contributed by atoms with Crippen LogP contribution in [-0.2, 0) is 9.53 Å². The Morgan fingerprint density at radius 2 is 2.10 bits per heavy atom. The molecule has 0 fully saturated rings. The summed E-state index contributed by atoms with van der Waals surface area (Å²) in [5.74, 6) is 0.249. The molecule has 10 heavy (non-hydrogen) atoms. The molecular weight excluding hydrogens is 148 g/mol. The van der Waals surface area contributed by atoms with Gasteiger partial charge < -0.3 is 4.74 Å². The third-order valence-electron chi connectivity index (χ3n) is 1.17. The van der Waals surface area contributed by atoms with Crippen LogP contribution in [0.4, 0.5) is 0 Å². The van der Waals surface area contributed by atoms with Gasteiger partial charge in [0.15, 0.2) is 0 Å². The average Bonchev–Trinajstić information content (AvgIpc) is 1.85. The molecule has 0 saturated carbocycles. The number of thiol groups is 1. The van der Waals surface area contributed by atoms with Crippen molar-refractivity contribution in [1.82, 2.24) is 0 Å². The topological polar surface area (TPSA) is 26.3 Å². The molecule has 0 spiro atoms. The highest BCUT2D eigenvalue weighted by molar-refractivity contribution is 7.81. The molecule has 0 aliphatic rings. The van der Waals surface area contributed by atoms with E-state index in [4.69, 9.17) is 0 Å². The number of rotatable bonds is 3. The molecule has 0 aromatic rings. The number of hydrogen-bond acceptors (Lipinski definition) is 3. The van der Waals surface area contributed by atoms with Gasteiger partial charge in [0.25, 0.3) is 0 Å². The largest absolute Gasteiger partial charge is 0.468 e. The summed E-state index contributed by atoms with van der Waals surface area (Å²) in [6.07, 6.45) is 0.774. The van der Waals surface area contributed by atoms with Crippen molar-refractivity contribution < 1.29 is 9.53 Å².